The molecule has 23 heavy (non-hydrogen) atoms. The maximum atomic E-state index is 12.7. The second-order valence-electron chi connectivity index (χ2n) is 5.37. The van der Waals surface area contributed by atoms with E-state index in [1.165, 1.54) is 15.6 Å². The molecule has 1 amide bonds. The van der Waals surface area contributed by atoms with Crippen LogP contribution in [0.3, 0.4) is 0 Å². The van der Waals surface area contributed by atoms with Gasteiger partial charge in [0.15, 0.2) is 5.13 Å². The summed E-state index contributed by atoms with van der Waals surface area (Å²) < 4.78 is 26.8. The number of thiazole rings is 1. The van der Waals surface area contributed by atoms with Crippen LogP contribution >= 0.6 is 11.3 Å². The number of anilines is 1. The van der Waals surface area contributed by atoms with Crippen molar-refractivity contribution in [3.63, 3.8) is 0 Å². The Balaban J connectivity index is 1.81. The number of sulfonamides is 1. The summed E-state index contributed by atoms with van der Waals surface area (Å²) in [6.45, 7) is 2.19. The number of nitrogens with zero attached hydrogens (tertiary/aromatic N) is 2. The first-order chi connectivity index (χ1) is 11.0. The first-order valence-electron chi connectivity index (χ1n) is 7.28. The number of amides is 1. The first kappa shape index (κ1) is 16.1. The van der Waals surface area contributed by atoms with Crippen LogP contribution in [0.2, 0.25) is 0 Å². The van der Waals surface area contributed by atoms with Crippen molar-refractivity contribution in [2.24, 2.45) is 0 Å². The highest BCUT2D eigenvalue weighted by molar-refractivity contribution is 7.89. The van der Waals surface area contributed by atoms with E-state index in [4.69, 9.17) is 0 Å². The molecule has 0 saturated carbocycles. The highest BCUT2D eigenvalue weighted by Gasteiger charge is 2.39. The van der Waals surface area contributed by atoms with Crippen LogP contribution in [0.25, 0.3) is 0 Å². The van der Waals surface area contributed by atoms with Gasteiger partial charge in [-0.2, -0.15) is 4.31 Å². The number of nitrogens with one attached hydrogen (secondary N) is 1. The summed E-state index contributed by atoms with van der Waals surface area (Å²) in [5, 5.41) is 5.05. The van der Waals surface area contributed by atoms with Crippen LogP contribution in [-0.2, 0) is 14.8 Å². The van der Waals surface area contributed by atoms with Gasteiger partial charge in [0, 0.05) is 11.9 Å². The molecular formula is C15H17N3O3S2. The van der Waals surface area contributed by atoms with E-state index in [9.17, 15) is 13.2 Å². The SMILES string of the molecule is Cc1csc(NC(=O)[C@@H]2CCCN2S(=O)(=O)c2ccccc2)n1. The van der Waals surface area contributed by atoms with Crippen LogP contribution < -0.4 is 5.32 Å². The average molecular weight is 351 g/mol. The topological polar surface area (TPSA) is 79.4 Å². The molecule has 1 atom stereocenters. The zero-order valence-corrected chi connectivity index (χ0v) is 14.2. The fourth-order valence-corrected chi connectivity index (χ4v) is 4.99. The lowest BCUT2D eigenvalue weighted by molar-refractivity contribution is -0.119. The molecule has 0 aliphatic carbocycles. The van der Waals surface area contributed by atoms with Crippen LogP contribution in [0.15, 0.2) is 40.6 Å². The minimum Gasteiger partial charge on any atom is -0.301 e. The summed E-state index contributed by atoms with van der Waals surface area (Å²) in [6, 6.07) is 7.52. The Bertz CT molecular complexity index is 802. The van der Waals surface area contributed by atoms with Gasteiger partial charge in [0.1, 0.15) is 6.04 Å². The number of rotatable bonds is 4. The molecular weight excluding hydrogens is 334 g/mol. The number of hydrogen-bond acceptors (Lipinski definition) is 5. The van der Waals surface area contributed by atoms with Gasteiger partial charge in [-0.05, 0) is 31.9 Å². The summed E-state index contributed by atoms with van der Waals surface area (Å²) in [6.07, 6.45) is 1.18. The minimum atomic E-state index is -3.66. The van der Waals surface area contributed by atoms with Crippen molar-refractivity contribution in [1.82, 2.24) is 9.29 Å². The Kier molecular flexibility index (Phi) is 4.47. The zero-order chi connectivity index (χ0) is 16.4. The molecule has 1 N–H and O–H groups in total. The molecule has 1 aromatic carbocycles. The molecule has 1 fully saturated rings. The molecule has 0 unspecified atom stereocenters. The van der Waals surface area contributed by atoms with Gasteiger partial charge in [0.2, 0.25) is 15.9 Å². The first-order valence-corrected chi connectivity index (χ1v) is 9.60. The van der Waals surface area contributed by atoms with E-state index in [2.05, 4.69) is 10.3 Å². The smallest absolute Gasteiger partial charge is 0.244 e. The Morgan fingerprint density at radius 1 is 1.35 bits per heavy atom. The fraction of sp³-hybridized carbons (Fsp3) is 0.333. The molecule has 122 valence electrons. The van der Waals surface area contributed by atoms with Crippen molar-refractivity contribution in [3.05, 3.63) is 41.4 Å². The van der Waals surface area contributed by atoms with E-state index in [0.717, 1.165) is 5.69 Å². The van der Waals surface area contributed by atoms with Crippen LogP contribution in [-0.4, -0.2) is 36.2 Å². The van der Waals surface area contributed by atoms with Crippen molar-refractivity contribution >= 4 is 32.4 Å². The number of carbonyl (C=O) groups excluding carboxylic acids is 1. The summed E-state index contributed by atoms with van der Waals surface area (Å²) in [4.78, 5) is 16.9. The molecule has 3 rings (SSSR count). The second-order valence-corrected chi connectivity index (χ2v) is 8.12. The summed E-state index contributed by atoms with van der Waals surface area (Å²) in [7, 11) is -3.66. The monoisotopic (exact) mass is 351 g/mol. The number of carbonyl (C=O) groups is 1. The predicted octanol–water partition coefficient (Wildman–Crippen LogP) is 2.24. The number of benzene rings is 1. The fourth-order valence-electron chi connectivity index (χ4n) is 2.62. The summed E-state index contributed by atoms with van der Waals surface area (Å²) in [5.74, 6) is -0.323. The van der Waals surface area contributed by atoms with Crippen LogP contribution in [0, 0.1) is 6.92 Å². The number of aryl methyl sites for hydroxylation is 1. The Morgan fingerprint density at radius 3 is 2.74 bits per heavy atom. The lowest BCUT2D eigenvalue weighted by Crippen LogP contribution is -2.43. The number of aromatic nitrogens is 1. The van der Waals surface area contributed by atoms with E-state index < -0.39 is 16.1 Å². The number of hydrogen-bond donors (Lipinski definition) is 1. The average Bonchev–Trinajstić information content (AvgIpc) is 3.17. The van der Waals surface area contributed by atoms with Crippen LogP contribution in [0.4, 0.5) is 5.13 Å². The van der Waals surface area contributed by atoms with Crippen LogP contribution in [0.1, 0.15) is 18.5 Å². The molecule has 1 aromatic heterocycles. The van der Waals surface area contributed by atoms with Gasteiger partial charge in [-0.1, -0.05) is 18.2 Å². The van der Waals surface area contributed by atoms with Gasteiger partial charge in [0.05, 0.1) is 10.6 Å². The van der Waals surface area contributed by atoms with Crippen molar-refractivity contribution in [2.75, 3.05) is 11.9 Å². The van der Waals surface area contributed by atoms with E-state index in [-0.39, 0.29) is 10.8 Å². The van der Waals surface area contributed by atoms with Crippen molar-refractivity contribution in [2.45, 2.75) is 30.7 Å². The lowest BCUT2D eigenvalue weighted by Gasteiger charge is -2.23. The third kappa shape index (κ3) is 3.29. The standard InChI is InChI=1S/C15H17N3O3S2/c1-11-10-22-15(16-11)17-14(19)13-8-5-9-18(13)23(20,21)12-6-3-2-4-7-12/h2-4,6-7,10,13H,5,8-9H2,1H3,(H,16,17,19)/t13-/m0/s1. The van der Waals surface area contributed by atoms with Crippen molar-refractivity contribution in [3.8, 4) is 0 Å². The van der Waals surface area contributed by atoms with E-state index in [0.29, 0.717) is 24.5 Å². The van der Waals surface area contributed by atoms with Gasteiger partial charge in [0.25, 0.3) is 0 Å². The highest BCUT2D eigenvalue weighted by atomic mass is 32.2. The zero-order valence-electron chi connectivity index (χ0n) is 12.6. The lowest BCUT2D eigenvalue weighted by atomic mass is 10.2. The normalized spacial score (nSPS) is 18.9. The Morgan fingerprint density at radius 2 is 2.09 bits per heavy atom. The highest BCUT2D eigenvalue weighted by Crippen LogP contribution is 2.27. The summed E-state index contributed by atoms with van der Waals surface area (Å²) >= 11 is 1.33. The van der Waals surface area contributed by atoms with E-state index in [1.807, 2.05) is 12.3 Å². The van der Waals surface area contributed by atoms with E-state index >= 15 is 0 Å². The largest absolute Gasteiger partial charge is 0.301 e. The summed E-state index contributed by atoms with van der Waals surface area (Å²) in [5.41, 5.74) is 0.825. The van der Waals surface area contributed by atoms with Gasteiger partial charge in [-0.15, -0.1) is 11.3 Å². The van der Waals surface area contributed by atoms with Gasteiger partial charge in [-0.3, -0.25) is 4.79 Å². The molecule has 0 radical (unpaired) electrons. The molecule has 6 nitrogen and oxygen atoms in total. The van der Waals surface area contributed by atoms with Gasteiger partial charge >= 0.3 is 0 Å². The third-order valence-corrected chi connectivity index (χ3v) is 6.50. The molecule has 0 spiro atoms. The van der Waals surface area contributed by atoms with Crippen LogP contribution in [0.5, 0.6) is 0 Å². The molecule has 8 heteroatoms. The minimum absolute atomic E-state index is 0.213. The molecule has 1 aliphatic heterocycles. The Hall–Kier alpha value is -1.77. The van der Waals surface area contributed by atoms with Crippen molar-refractivity contribution < 1.29 is 13.2 Å². The maximum Gasteiger partial charge on any atom is 0.244 e. The molecule has 0 bridgehead atoms. The second kappa shape index (κ2) is 6.38. The van der Waals surface area contributed by atoms with Gasteiger partial charge < -0.3 is 5.32 Å². The quantitative estimate of drug-likeness (QED) is 0.916. The molecule has 2 aromatic rings. The maximum absolute atomic E-state index is 12.7. The Labute approximate surface area is 139 Å². The predicted molar refractivity (Wildman–Crippen MR) is 88.8 cm³/mol. The van der Waals surface area contributed by atoms with E-state index in [1.54, 1.807) is 30.3 Å². The molecule has 2 heterocycles. The molecule has 1 aliphatic rings. The van der Waals surface area contributed by atoms with Crippen molar-refractivity contribution in [1.29, 1.82) is 0 Å². The van der Waals surface area contributed by atoms with Gasteiger partial charge in [-0.25, -0.2) is 13.4 Å². The molecule has 1 saturated heterocycles. The third-order valence-electron chi connectivity index (χ3n) is 3.71.